The first-order valence-corrected chi connectivity index (χ1v) is 7.48. The van der Waals surface area contributed by atoms with Crippen LogP contribution in [0.25, 0.3) is 0 Å². The zero-order valence-corrected chi connectivity index (χ0v) is 13.8. The number of nitrogens with zero attached hydrogens (tertiary/aromatic N) is 1. The Labute approximate surface area is 143 Å². The summed E-state index contributed by atoms with van der Waals surface area (Å²) >= 11 is 0. The Kier molecular flexibility index (Phi) is 7.12. The number of primary amides is 1. The van der Waals surface area contributed by atoms with Crippen molar-refractivity contribution in [3.05, 3.63) is 18.4 Å². The molecule has 0 aliphatic rings. The van der Waals surface area contributed by atoms with E-state index in [2.05, 4.69) is 5.32 Å². The van der Waals surface area contributed by atoms with E-state index in [1.165, 1.54) is 25.3 Å². The number of carboxylic acids is 1. The molecule has 1 aromatic rings. The Morgan fingerprint density at radius 3 is 2.40 bits per heavy atom. The first-order chi connectivity index (χ1) is 11.6. The minimum absolute atomic E-state index is 0.0600. The van der Waals surface area contributed by atoms with Crippen molar-refractivity contribution in [2.24, 2.45) is 5.73 Å². The molecule has 10 heteroatoms. The molecule has 5 N–H and O–H groups in total. The minimum atomic E-state index is -1.37. The second-order valence-electron chi connectivity index (χ2n) is 5.43. The van der Waals surface area contributed by atoms with Gasteiger partial charge in [0, 0.05) is 19.4 Å². The maximum absolute atomic E-state index is 12.8. The second-order valence-corrected chi connectivity index (χ2v) is 5.43. The third kappa shape index (κ3) is 5.60. The third-order valence-electron chi connectivity index (χ3n) is 3.36. The normalized spacial score (nSPS) is 14.2. The van der Waals surface area contributed by atoms with E-state index in [1.807, 2.05) is 0 Å². The fourth-order valence-corrected chi connectivity index (χ4v) is 2.24. The molecule has 138 valence electrons. The number of anilines is 1. The number of nitrogens with two attached hydrogens (primary N) is 1. The number of carbonyl (C=O) groups excluding carboxylic acids is 3. The van der Waals surface area contributed by atoms with Gasteiger partial charge in [0.2, 0.25) is 17.7 Å². The third-order valence-corrected chi connectivity index (χ3v) is 3.36. The average molecular weight is 355 g/mol. The zero-order chi connectivity index (χ0) is 19.1. The maximum Gasteiger partial charge on any atom is 0.303 e. The van der Waals surface area contributed by atoms with Gasteiger partial charge in [-0.3, -0.25) is 24.1 Å². The van der Waals surface area contributed by atoms with Gasteiger partial charge in [-0.15, -0.1) is 0 Å². The number of aliphatic hydroxyl groups is 1. The Morgan fingerprint density at radius 2 is 2.00 bits per heavy atom. The molecule has 0 aliphatic heterocycles. The van der Waals surface area contributed by atoms with Crippen molar-refractivity contribution in [1.82, 2.24) is 5.32 Å². The number of carbonyl (C=O) groups is 4. The van der Waals surface area contributed by atoms with Crippen LogP contribution in [0.5, 0.6) is 0 Å². The summed E-state index contributed by atoms with van der Waals surface area (Å²) in [7, 11) is 0. The number of aliphatic carboxylic acids is 1. The lowest BCUT2D eigenvalue weighted by Crippen LogP contribution is -2.58. The first-order valence-electron chi connectivity index (χ1n) is 7.48. The van der Waals surface area contributed by atoms with Crippen molar-refractivity contribution in [3.8, 4) is 0 Å². The Morgan fingerprint density at radius 1 is 1.36 bits per heavy atom. The number of aliphatic hydroxyl groups excluding tert-OH is 1. The molecule has 0 radical (unpaired) electrons. The van der Waals surface area contributed by atoms with Crippen LogP contribution in [0.15, 0.2) is 22.8 Å². The van der Waals surface area contributed by atoms with Gasteiger partial charge in [-0.05, 0) is 19.4 Å². The Balaban J connectivity index is 3.26. The molecule has 3 atom stereocenters. The fourth-order valence-electron chi connectivity index (χ4n) is 2.24. The van der Waals surface area contributed by atoms with Crippen LogP contribution >= 0.6 is 0 Å². The lowest BCUT2D eigenvalue weighted by atomic mass is 10.1. The van der Waals surface area contributed by atoms with Gasteiger partial charge in [0.05, 0.1) is 12.4 Å². The molecule has 0 bridgehead atoms. The van der Waals surface area contributed by atoms with Gasteiger partial charge in [-0.25, -0.2) is 0 Å². The molecule has 1 rings (SSSR count). The van der Waals surface area contributed by atoms with Crippen molar-refractivity contribution < 1.29 is 33.8 Å². The molecule has 0 spiro atoms. The number of amides is 3. The second kappa shape index (κ2) is 8.83. The fraction of sp³-hybridized carbons (Fsp3) is 0.467. The molecule has 0 saturated carbocycles. The minimum Gasteiger partial charge on any atom is -0.481 e. The number of hydrogen-bond acceptors (Lipinski definition) is 6. The smallest absolute Gasteiger partial charge is 0.303 e. The van der Waals surface area contributed by atoms with Crippen molar-refractivity contribution in [3.63, 3.8) is 0 Å². The van der Waals surface area contributed by atoms with Crippen LogP contribution in [-0.2, 0) is 19.2 Å². The monoisotopic (exact) mass is 355 g/mol. The first kappa shape index (κ1) is 20.2. The number of hydrogen-bond donors (Lipinski definition) is 4. The molecule has 3 amide bonds. The molecular weight excluding hydrogens is 334 g/mol. The van der Waals surface area contributed by atoms with Gasteiger partial charge >= 0.3 is 5.97 Å². The Hall–Kier alpha value is -2.88. The summed E-state index contributed by atoms with van der Waals surface area (Å²) < 4.78 is 5.15. The van der Waals surface area contributed by atoms with E-state index in [0.29, 0.717) is 0 Å². The predicted octanol–water partition coefficient (Wildman–Crippen LogP) is -0.783. The van der Waals surface area contributed by atoms with Gasteiger partial charge in [0.15, 0.2) is 0 Å². The standard InChI is InChI=1S/C15H21N3O7/c1-8(19)13(17-9(2)20)15(24)18(11-4-3-7-25-11)10(14(16)23)5-6-12(21)22/h3-4,7-8,10,13,19H,5-6H2,1-2H3,(H2,16,23)(H,17,20)(H,21,22)/t8-,10-,13+/m1/s1. The highest BCUT2D eigenvalue weighted by molar-refractivity contribution is 6.03. The lowest BCUT2D eigenvalue weighted by Gasteiger charge is -2.31. The van der Waals surface area contributed by atoms with Gasteiger partial charge in [0.1, 0.15) is 12.1 Å². The topological polar surface area (TPSA) is 163 Å². The van der Waals surface area contributed by atoms with Gasteiger partial charge < -0.3 is 25.7 Å². The van der Waals surface area contributed by atoms with Crippen LogP contribution in [0.4, 0.5) is 5.88 Å². The number of rotatable bonds is 9. The van der Waals surface area contributed by atoms with Crippen LogP contribution in [0.2, 0.25) is 0 Å². The summed E-state index contributed by atoms with van der Waals surface area (Å²) in [5.41, 5.74) is 5.33. The molecule has 0 aromatic carbocycles. The van der Waals surface area contributed by atoms with E-state index in [0.717, 1.165) is 11.8 Å². The average Bonchev–Trinajstić information content (AvgIpc) is 3.01. The highest BCUT2D eigenvalue weighted by Gasteiger charge is 2.37. The van der Waals surface area contributed by atoms with Crippen LogP contribution in [0.3, 0.4) is 0 Å². The van der Waals surface area contributed by atoms with E-state index in [-0.39, 0.29) is 12.3 Å². The molecule has 0 unspecified atom stereocenters. The molecule has 0 fully saturated rings. The quantitative estimate of drug-likeness (QED) is 0.451. The Bertz CT molecular complexity index is 627. The van der Waals surface area contributed by atoms with Gasteiger partial charge in [0.25, 0.3) is 5.91 Å². The van der Waals surface area contributed by atoms with Crippen molar-refractivity contribution in [2.45, 2.75) is 44.9 Å². The van der Waals surface area contributed by atoms with Gasteiger partial charge in [-0.1, -0.05) is 0 Å². The summed E-state index contributed by atoms with van der Waals surface area (Å²) in [4.78, 5) is 47.6. The molecule has 1 aromatic heterocycles. The van der Waals surface area contributed by atoms with E-state index in [9.17, 15) is 24.3 Å². The molecular formula is C15H21N3O7. The number of nitrogens with one attached hydrogen (secondary N) is 1. The van der Waals surface area contributed by atoms with Crippen LogP contribution in [-0.4, -0.2) is 52.1 Å². The highest BCUT2D eigenvalue weighted by atomic mass is 16.4. The van der Waals surface area contributed by atoms with Crippen LogP contribution in [0.1, 0.15) is 26.7 Å². The summed E-state index contributed by atoms with van der Waals surface area (Å²) in [6, 6.07) is 0.140. The van der Waals surface area contributed by atoms with Crippen LogP contribution in [0, 0.1) is 0 Å². The van der Waals surface area contributed by atoms with Crippen molar-refractivity contribution in [2.75, 3.05) is 4.90 Å². The molecule has 25 heavy (non-hydrogen) atoms. The summed E-state index contributed by atoms with van der Waals surface area (Å²) in [5, 5.41) is 20.9. The summed E-state index contributed by atoms with van der Waals surface area (Å²) in [6.07, 6.45) is -0.705. The van der Waals surface area contributed by atoms with Crippen molar-refractivity contribution in [1.29, 1.82) is 0 Å². The maximum atomic E-state index is 12.8. The van der Waals surface area contributed by atoms with Gasteiger partial charge in [-0.2, -0.15) is 0 Å². The number of furan rings is 1. The van der Waals surface area contributed by atoms with E-state index in [1.54, 1.807) is 0 Å². The van der Waals surface area contributed by atoms with Crippen molar-refractivity contribution >= 4 is 29.6 Å². The SMILES string of the molecule is CC(=O)N[C@H](C(=O)N(c1ccco1)[C@H](CCC(=O)O)C(N)=O)[C@@H](C)O. The van der Waals surface area contributed by atoms with E-state index >= 15 is 0 Å². The zero-order valence-electron chi connectivity index (χ0n) is 13.8. The predicted molar refractivity (Wildman–Crippen MR) is 85.3 cm³/mol. The van der Waals surface area contributed by atoms with Crippen LogP contribution < -0.4 is 16.0 Å². The highest BCUT2D eigenvalue weighted by Crippen LogP contribution is 2.22. The largest absolute Gasteiger partial charge is 0.481 e. The molecule has 1 heterocycles. The molecule has 10 nitrogen and oxygen atoms in total. The summed E-state index contributed by atoms with van der Waals surface area (Å²) in [6.45, 7) is 2.45. The number of carboxylic acid groups (broad SMARTS) is 1. The van der Waals surface area contributed by atoms with E-state index < -0.39 is 48.3 Å². The molecule has 0 saturated heterocycles. The van der Waals surface area contributed by atoms with E-state index in [4.69, 9.17) is 15.3 Å². The molecule has 0 aliphatic carbocycles. The lowest BCUT2D eigenvalue weighted by molar-refractivity contribution is -0.137. The summed E-state index contributed by atoms with van der Waals surface area (Å²) in [5.74, 6) is -3.60.